The minimum absolute atomic E-state index is 0.918. The monoisotopic (exact) mass is 280 g/mol. The maximum atomic E-state index is 9.97. The maximum absolute atomic E-state index is 9.97. The Morgan fingerprint density at radius 1 is 0.600 bits per heavy atom. The molecular weight excluding hydrogens is 244 g/mol. The van der Waals surface area contributed by atoms with Gasteiger partial charge in [-0.3, -0.25) is 0 Å². The molecule has 0 aliphatic carbocycles. The smallest absolute Gasteiger partial charge is 0.120 e. The molecule has 0 spiro atoms. The second kappa shape index (κ2) is 18.4. The van der Waals surface area contributed by atoms with Gasteiger partial charge in [0.25, 0.3) is 0 Å². The summed E-state index contributed by atoms with van der Waals surface area (Å²) in [4.78, 5) is 9.97. The van der Waals surface area contributed by atoms with E-state index in [0.29, 0.717) is 0 Å². The molecule has 0 aromatic rings. The van der Waals surface area contributed by atoms with Crippen LogP contribution >= 0.6 is 0 Å². The standard InChI is InChI=1S/C19H36O/c1-2-3-4-5-6-7-8-9-10-11-12-13-14-15-16-17-18-19-20/h18H,2-17H2,1H3. The van der Waals surface area contributed by atoms with Gasteiger partial charge in [0, 0.05) is 0 Å². The SMILES string of the molecule is CCCCCCCCCCCCCCCCCC=C=O. The molecule has 0 N–H and O–H groups in total. The first-order chi connectivity index (χ1) is 9.91. The van der Waals surface area contributed by atoms with Gasteiger partial charge in [-0.15, -0.1) is 0 Å². The van der Waals surface area contributed by atoms with E-state index in [4.69, 9.17) is 0 Å². The Morgan fingerprint density at radius 2 is 0.950 bits per heavy atom. The highest BCUT2D eigenvalue weighted by atomic mass is 16.1. The first-order valence-electron chi connectivity index (χ1n) is 9.11. The lowest BCUT2D eigenvalue weighted by molar-refractivity contribution is 0.532. The largest absolute Gasteiger partial charge is 0.234 e. The quantitative estimate of drug-likeness (QED) is 0.229. The first-order valence-corrected chi connectivity index (χ1v) is 9.11. The van der Waals surface area contributed by atoms with Gasteiger partial charge < -0.3 is 0 Å². The zero-order chi connectivity index (χ0) is 14.7. The molecule has 0 bridgehead atoms. The Bertz CT molecular complexity index is 216. The van der Waals surface area contributed by atoms with Gasteiger partial charge in [0.2, 0.25) is 0 Å². The summed E-state index contributed by atoms with van der Waals surface area (Å²) in [6, 6.07) is 0. The predicted molar refractivity (Wildman–Crippen MR) is 89.8 cm³/mol. The molecule has 20 heavy (non-hydrogen) atoms. The van der Waals surface area contributed by atoms with Crippen molar-refractivity contribution in [1.82, 2.24) is 0 Å². The summed E-state index contributed by atoms with van der Waals surface area (Å²) >= 11 is 0. The molecule has 0 saturated carbocycles. The van der Waals surface area contributed by atoms with Crippen LogP contribution in [0.5, 0.6) is 0 Å². The zero-order valence-electron chi connectivity index (χ0n) is 13.8. The summed E-state index contributed by atoms with van der Waals surface area (Å²) < 4.78 is 0. The van der Waals surface area contributed by atoms with E-state index in [9.17, 15) is 4.79 Å². The van der Waals surface area contributed by atoms with E-state index in [0.717, 1.165) is 12.8 Å². The minimum atomic E-state index is 0.918. The summed E-state index contributed by atoms with van der Waals surface area (Å²) in [7, 11) is 0. The maximum Gasteiger partial charge on any atom is 0.120 e. The number of hydrogen-bond donors (Lipinski definition) is 0. The van der Waals surface area contributed by atoms with Crippen molar-refractivity contribution >= 4 is 5.94 Å². The van der Waals surface area contributed by atoms with Crippen LogP contribution in [0.3, 0.4) is 0 Å². The molecule has 1 nitrogen and oxygen atoms in total. The summed E-state index contributed by atoms with van der Waals surface area (Å²) in [6.07, 6.45) is 23.4. The highest BCUT2D eigenvalue weighted by Gasteiger charge is 1.93. The van der Waals surface area contributed by atoms with E-state index in [1.165, 1.54) is 89.9 Å². The van der Waals surface area contributed by atoms with Gasteiger partial charge in [-0.05, 0) is 18.9 Å². The van der Waals surface area contributed by atoms with Crippen LogP contribution in [-0.4, -0.2) is 5.94 Å². The van der Waals surface area contributed by atoms with Crippen LogP contribution in [0.25, 0.3) is 0 Å². The highest BCUT2D eigenvalue weighted by Crippen LogP contribution is 2.13. The van der Waals surface area contributed by atoms with Gasteiger partial charge >= 0.3 is 0 Å². The van der Waals surface area contributed by atoms with Crippen molar-refractivity contribution in [3.63, 3.8) is 0 Å². The summed E-state index contributed by atoms with van der Waals surface area (Å²) in [5.74, 6) is 1.84. The minimum Gasteiger partial charge on any atom is -0.234 e. The van der Waals surface area contributed by atoms with E-state index >= 15 is 0 Å². The number of rotatable bonds is 16. The predicted octanol–water partition coefficient (Wildman–Crippen LogP) is 6.64. The summed E-state index contributed by atoms with van der Waals surface area (Å²) in [6.45, 7) is 2.28. The zero-order valence-corrected chi connectivity index (χ0v) is 13.8. The van der Waals surface area contributed by atoms with Gasteiger partial charge in [0.15, 0.2) is 0 Å². The third-order valence-corrected chi connectivity index (χ3v) is 4.04. The molecule has 0 fully saturated rings. The molecule has 0 saturated heterocycles. The molecule has 0 aromatic carbocycles. The number of carbonyl (C=O) groups excluding carboxylic acids is 1. The van der Waals surface area contributed by atoms with Crippen molar-refractivity contribution in [2.24, 2.45) is 0 Å². The van der Waals surface area contributed by atoms with Gasteiger partial charge in [0.1, 0.15) is 5.94 Å². The Kier molecular flexibility index (Phi) is 17.9. The Morgan fingerprint density at radius 3 is 1.30 bits per heavy atom. The lowest BCUT2D eigenvalue weighted by Gasteiger charge is -2.03. The van der Waals surface area contributed by atoms with Gasteiger partial charge in [-0.1, -0.05) is 96.8 Å². The molecule has 0 atom stereocenters. The van der Waals surface area contributed by atoms with Crippen LogP contribution in [0.15, 0.2) is 6.08 Å². The summed E-state index contributed by atoms with van der Waals surface area (Å²) in [5.41, 5.74) is 0. The van der Waals surface area contributed by atoms with E-state index < -0.39 is 0 Å². The molecule has 0 unspecified atom stereocenters. The Labute approximate surface area is 127 Å². The lowest BCUT2D eigenvalue weighted by atomic mass is 10.0. The second-order valence-corrected chi connectivity index (χ2v) is 6.06. The van der Waals surface area contributed by atoms with E-state index in [1.807, 2.05) is 5.94 Å². The Balaban J connectivity index is 2.94. The van der Waals surface area contributed by atoms with Crippen LogP contribution < -0.4 is 0 Å². The molecule has 0 radical (unpaired) electrons. The van der Waals surface area contributed by atoms with Crippen molar-refractivity contribution < 1.29 is 4.79 Å². The molecule has 0 amide bonds. The molecule has 1 heteroatoms. The number of hydrogen-bond acceptors (Lipinski definition) is 1. The first kappa shape index (κ1) is 19.4. The van der Waals surface area contributed by atoms with Crippen molar-refractivity contribution in [2.45, 2.75) is 110 Å². The van der Waals surface area contributed by atoms with Crippen LogP contribution in [0.2, 0.25) is 0 Å². The molecule has 0 aromatic heterocycles. The van der Waals surface area contributed by atoms with E-state index in [-0.39, 0.29) is 0 Å². The third kappa shape index (κ3) is 17.4. The van der Waals surface area contributed by atoms with Crippen molar-refractivity contribution in [2.75, 3.05) is 0 Å². The lowest BCUT2D eigenvalue weighted by Crippen LogP contribution is -1.83. The third-order valence-electron chi connectivity index (χ3n) is 4.04. The van der Waals surface area contributed by atoms with Gasteiger partial charge in [-0.2, -0.15) is 0 Å². The van der Waals surface area contributed by atoms with E-state index in [2.05, 4.69) is 6.92 Å². The highest BCUT2D eigenvalue weighted by molar-refractivity contribution is 5.44. The fourth-order valence-electron chi connectivity index (χ4n) is 2.68. The normalized spacial score (nSPS) is 10.4. The average Bonchev–Trinajstić information content (AvgIpc) is 2.47. The molecule has 0 aliphatic heterocycles. The topological polar surface area (TPSA) is 17.1 Å². The number of unbranched alkanes of at least 4 members (excludes halogenated alkanes) is 15. The molecule has 0 rings (SSSR count). The van der Waals surface area contributed by atoms with E-state index in [1.54, 1.807) is 6.08 Å². The molecular formula is C19H36O. The summed E-state index contributed by atoms with van der Waals surface area (Å²) in [5, 5.41) is 0. The van der Waals surface area contributed by atoms with Gasteiger partial charge in [-0.25, -0.2) is 4.79 Å². The van der Waals surface area contributed by atoms with Crippen LogP contribution in [0, 0.1) is 0 Å². The van der Waals surface area contributed by atoms with Crippen LogP contribution in [-0.2, 0) is 4.79 Å². The Hall–Kier alpha value is -0.550. The van der Waals surface area contributed by atoms with Crippen molar-refractivity contribution in [3.8, 4) is 0 Å². The fourth-order valence-corrected chi connectivity index (χ4v) is 2.68. The van der Waals surface area contributed by atoms with Crippen molar-refractivity contribution in [3.05, 3.63) is 6.08 Å². The molecule has 0 aliphatic rings. The molecule has 118 valence electrons. The second-order valence-electron chi connectivity index (χ2n) is 6.06. The number of allylic oxidation sites excluding steroid dienone is 1. The van der Waals surface area contributed by atoms with Gasteiger partial charge in [0.05, 0.1) is 0 Å². The fraction of sp³-hybridized carbons (Fsp3) is 0.895. The van der Waals surface area contributed by atoms with Crippen molar-refractivity contribution in [1.29, 1.82) is 0 Å². The van der Waals surface area contributed by atoms with Crippen LogP contribution in [0.1, 0.15) is 110 Å². The molecule has 0 heterocycles. The van der Waals surface area contributed by atoms with Crippen LogP contribution in [0.4, 0.5) is 0 Å². The average molecular weight is 280 g/mol.